The molecule has 2 aromatic carbocycles. The Kier molecular flexibility index (Phi) is 3.97. The van der Waals surface area contributed by atoms with E-state index in [2.05, 4.69) is 5.32 Å². The molecule has 0 bridgehead atoms. The Balaban J connectivity index is 2.22. The standard InChI is InChI=1S/C16H17NO2/c1-11-7-9-13(10-8-11)16(19)17-15-6-4-3-5-14(15)12(2)18/h3-10,12,18H,1-2H3,(H,17,19). The van der Waals surface area contributed by atoms with Crippen molar-refractivity contribution in [1.29, 1.82) is 0 Å². The summed E-state index contributed by atoms with van der Waals surface area (Å²) in [6.45, 7) is 3.65. The minimum Gasteiger partial charge on any atom is -0.389 e. The van der Waals surface area contributed by atoms with Crippen molar-refractivity contribution in [2.75, 3.05) is 5.32 Å². The fraction of sp³-hybridized carbons (Fsp3) is 0.188. The molecule has 0 radical (unpaired) electrons. The smallest absolute Gasteiger partial charge is 0.255 e. The number of aryl methyl sites for hydroxylation is 1. The maximum absolute atomic E-state index is 12.1. The Morgan fingerprint density at radius 1 is 1.11 bits per heavy atom. The van der Waals surface area contributed by atoms with Crippen molar-refractivity contribution in [3.8, 4) is 0 Å². The summed E-state index contributed by atoms with van der Waals surface area (Å²) < 4.78 is 0. The quantitative estimate of drug-likeness (QED) is 0.884. The number of hydrogen-bond donors (Lipinski definition) is 2. The summed E-state index contributed by atoms with van der Waals surface area (Å²) in [5, 5.41) is 12.5. The van der Waals surface area contributed by atoms with E-state index >= 15 is 0 Å². The van der Waals surface area contributed by atoms with Gasteiger partial charge in [-0.2, -0.15) is 0 Å². The minimum atomic E-state index is -0.616. The van der Waals surface area contributed by atoms with Gasteiger partial charge in [-0.25, -0.2) is 0 Å². The zero-order valence-electron chi connectivity index (χ0n) is 11.1. The summed E-state index contributed by atoms with van der Waals surface area (Å²) in [6, 6.07) is 14.6. The average Bonchev–Trinajstić information content (AvgIpc) is 2.39. The number of anilines is 1. The molecule has 0 spiro atoms. The number of aliphatic hydroxyl groups excluding tert-OH is 1. The molecule has 3 nitrogen and oxygen atoms in total. The molecule has 1 unspecified atom stereocenters. The van der Waals surface area contributed by atoms with Gasteiger partial charge in [-0.1, -0.05) is 35.9 Å². The van der Waals surface area contributed by atoms with Crippen molar-refractivity contribution in [1.82, 2.24) is 0 Å². The number of amides is 1. The second kappa shape index (κ2) is 5.67. The third-order valence-electron chi connectivity index (χ3n) is 2.97. The molecule has 0 heterocycles. The van der Waals surface area contributed by atoms with Gasteiger partial charge in [0.25, 0.3) is 5.91 Å². The van der Waals surface area contributed by atoms with Crippen LogP contribution in [0, 0.1) is 6.92 Å². The van der Waals surface area contributed by atoms with Gasteiger partial charge in [0.05, 0.1) is 6.10 Å². The van der Waals surface area contributed by atoms with Gasteiger partial charge in [0.2, 0.25) is 0 Å². The Bertz CT molecular complexity index is 574. The van der Waals surface area contributed by atoms with Crippen LogP contribution >= 0.6 is 0 Å². The van der Waals surface area contributed by atoms with Crippen LogP contribution in [0.2, 0.25) is 0 Å². The Morgan fingerprint density at radius 3 is 2.37 bits per heavy atom. The van der Waals surface area contributed by atoms with E-state index in [1.165, 1.54) is 0 Å². The van der Waals surface area contributed by atoms with Crippen LogP contribution in [0.5, 0.6) is 0 Å². The summed E-state index contributed by atoms with van der Waals surface area (Å²) in [5.74, 6) is -0.173. The molecule has 1 amide bonds. The van der Waals surface area contributed by atoms with Gasteiger partial charge >= 0.3 is 0 Å². The molecule has 19 heavy (non-hydrogen) atoms. The first-order valence-electron chi connectivity index (χ1n) is 6.23. The Hall–Kier alpha value is -2.13. The summed E-state index contributed by atoms with van der Waals surface area (Å²) in [5.41, 5.74) is 3.07. The molecule has 2 aromatic rings. The second-order valence-corrected chi connectivity index (χ2v) is 4.58. The summed E-state index contributed by atoms with van der Waals surface area (Å²) >= 11 is 0. The van der Waals surface area contributed by atoms with E-state index in [9.17, 15) is 9.90 Å². The van der Waals surface area contributed by atoms with Crippen molar-refractivity contribution in [2.45, 2.75) is 20.0 Å². The molecular formula is C16H17NO2. The molecule has 0 aliphatic rings. The number of rotatable bonds is 3. The van der Waals surface area contributed by atoms with E-state index in [4.69, 9.17) is 0 Å². The second-order valence-electron chi connectivity index (χ2n) is 4.58. The first-order chi connectivity index (χ1) is 9.08. The lowest BCUT2D eigenvalue weighted by Gasteiger charge is -2.13. The number of benzene rings is 2. The van der Waals surface area contributed by atoms with Crippen molar-refractivity contribution < 1.29 is 9.90 Å². The highest BCUT2D eigenvalue weighted by atomic mass is 16.3. The zero-order chi connectivity index (χ0) is 13.8. The maximum atomic E-state index is 12.1. The number of hydrogen-bond acceptors (Lipinski definition) is 2. The lowest BCUT2D eigenvalue weighted by molar-refractivity contribution is 0.102. The Morgan fingerprint density at radius 2 is 1.74 bits per heavy atom. The maximum Gasteiger partial charge on any atom is 0.255 e. The highest BCUT2D eigenvalue weighted by molar-refractivity contribution is 6.04. The van der Waals surface area contributed by atoms with Crippen LogP contribution in [-0.4, -0.2) is 11.0 Å². The number of aliphatic hydroxyl groups is 1. The lowest BCUT2D eigenvalue weighted by atomic mass is 10.1. The van der Waals surface area contributed by atoms with Gasteiger partial charge in [0, 0.05) is 16.8 Å². The predicted molar refractivity (Wildman–Crippen MR) is 76.2 cm³/mol. The van der Waals surface area contributed by atoms with E-state index in [1.54, 1.807) is 31.2 Å². The molecule has 0 saturated heterocycles. The highest BCUT2D eigenvalue weighted by Gasteiger charge is 2.11. The number of carbonyl (C=O) groups is 1. The van der Waals surface area contributed by atoms with E-state index in [0.29, 0.717) is 16.8 Å². The van der Waals surface area contributed by atoms with Crippen molar-refractivity contribution >= 4 is 11.6 Å². The van der Waals surface area contributed by atoms with Crippen molar-refractivity contribution in [2.24, 2.45) is 0 Å². The third kappa shape index (κ3) is 3.20. The predicted octanol–water partition coefficient (Wildman–Crippen LogP) is 3.30. The van der Waals surface area contributed by atoms with E-state index < -0.39 is 6.10 Å². The van der Waals surface area contributed by atoms with Gasteiger partial charge in [0.1, 0.15) is 0 Å². The monoisotopic (exact) mass is 255 g/mol. The SMILES string of the molecule is Cc1ccc(C(=O)Nc2ccccc2C(C)O)cc1. The van der Waals surface area contributed by atoms with Gasteiger partial charge in [0.15, 0.2) is 0 Å². The van der Waals surface area contributed by atoms with E-state index in [-0.39, 0.29) is 5.91 Å². The van der Waals surface area contributed by atoms with Crippen LogP contribution in [0.1, 0.15) is 34.5 Å². The summed E-state index contributed by atoms with van der Waals surface area (Å²) in [4.78, 5) is 12.1. The van der Waals surface area contributed by atoms with Crippen LogP contribution in [0.3, 0.4) is 0 Å². The van der Waals surface area contributed by atoms with E-state index in [0.717, 1.165) is 5.56 Å². The van der Waals surface area contributed by atoms with Gasteiger partial charge in [-0.3, -0.25) is 4.79 Å². The van der Waals surface area contributed by atoms with Crippen LogP contribution in [-0.2, 0) is 0 Å². The molecule has 1 atom stereocenters. The van der Waals surface area contributed by atoms with Crippen molar-refractivity contribution in [3.63, 3.8) is 0 Å². The van der Waals surface area contributed by atoms with Gasteiger partial charge in [-0.05, 0) is 32.0 Å². The molecule has 98 valence electrons. The normalized spacial score (nSPS) is 11.9. The molecule has 0 aliphatic carbocycles. The molecule has 0 aliphatic heterocycles. The molecule has 0 saturated carbocycles. The minimum absolute atomic E-state index is 0.173. The first-order valence-corrected chi connectivity index (χ1v) is 6.23. The lowest BCUT2D eigenvalue weighted by Crippen LogP contribution is -2.13. The molecule has 0 fully saturated rings. The Labute approximate surface area is 112 Å². The highest BCUT2D eigenvalue weighted by Crippen LogP contribution is 2.22. The first kappa shape index (κ1) is 13.3. The molecule has 2 rings (SSSR count). The molecule has 2 N–H and O–H groups in total. The van der Waals surface area contributed by atoms with Crippen LogP contribution in [0.25, 0.3) is 0 Å². The molecular weight excluding hydrogens is 238 g/mol. The number of carbonyl (C=O) groups excluding carboxylic acids is 1. The summed E-state index contributed by atoms with van der Waals surface area (Å²) in [6.07, 6.45) is -0.616. The van der Waals surface area contributed by atoms with E-state index in [1.807, 2.05) is 31.2 Å². The molecule has 0 aromatic heterocycles. The number of para-hydroxylation sites is 1. The van der Waals surface area contributed by atoms with Crippen LogP contribution in [0.4, 0.5) is 5.69 Å². The fourth-order valence-electron chi connectivity index (χ4n) is 1.87. The van der Waals surface area contributed by atoms with Crippen LogP contribution in [0.15, 0.2) is 48.5 Å². The average molecular weight is 255 g/mol. The third-order valence-corrected chi connectivity index (χ3v) is 2.97. The number of nitrogens with one attached hydrogen (secondary N) is 1. The van der Waals surface area contributed by atoms with Gasteiger partial charge < -0.3 is 10.4 Å². The fourth-order valence-corrected chi connectivity index (χ4v) is 1.87. The van der Waals surface area contributed by atoms with Crippen molar-refractivity contribution in [3.05, 3.63) is 65.2 Å². The topological polar surface area (TPSA) is 49.3 Å². The molecule has 3 heteroatoms. The van der Waals surface area contributed by atoms with Crippen LogP contribution < -0.4 is 5.32 Å². The largest absolute Gasteiger partial charge is 0.389 e. The van der Waals surface area contributed by atoms with Gasteiger partial charge in [-0.15, -0.1) is 0 Å². The summed E-state index contributed by atoms with van der Waals surface area (Å²) in [7, 11) is 0. The zero-order valence-corrected chi connectivity index (χ0v) is 11.1.